The van der Waals surface area contributed by atoms with Crippen LogP contribution in [0.25, 0.3) is 0 Å². The van der Waals surface area contributed by atoms with Gasteiger partial charge in [-0.25, -0.2) is 0 Å². The molecule has 0 saturated carbocycles. The fourth-order valence-electron chi connectivity index (χ4n) is 2.67. The third-order valence-electron chi connectivity index (χ3n) is 3.47. The summed E-state index contributed by atoms with van der Waals surface area (Å²) in [5, 5.41) is 0. The second-order valence-corrected chi connectivity index (χ2v) is 6.47. The van der Waals surface area contributed by atoms with E-state index in [-0.39, 0.29) is 11.5 Å². The molecule has 2 aromatic rings. The van der Waals surface area contributed by atoms with Gasteiger partial charge in [-0.2, -0.15) is 0 Å². The molecule has 98 valence electrons. The lowest BCUT2D eigenvalue weighted by Gasteiger charge is -2.37. The Morgan fingerprint density at radius 1 is 1.26 bits per heavy atom. The van der Waals surface area contributed by atoms with E-state index < -0.39 is 0 Å². The molecule has 19 heavy (non-hydrogen) atoms. The number of pyridine rings is 1. The highest BCUT2D eigenvalue weighted by Gasteiger charge is 2.35. The molecule has 0 fully saturated rings. The topological polar surface area (TPSA) is 22.1 Å². The average Bonchev–Trinajstić information content (AvgIpc) is 2.39. The van der Waals surface area contributed by atoms with Crippen molar-refractivity contribution in [1.29, 1.82) is 0 Å². The average molecular weight is 318 g/mol. The maximum Gasteiger partial charge on any atom is 0.124 e. The molecule has 3 heteroatoms. The lowest BCUT2D eigenvalue weighted by molar-refractivity contribution is 0.0769. The van der Waals surface area contributed by atoms with Crippen LogP contribution >= 0.6 is 15.9 Å². The van der Waals surface area contributed by atoms with Gasteiger partial charge in [-0.15, -0.1) is 0 Å². The monoisotopic (exact) mass is 317 g/mol. The number of halogens is 1. The zero-order valence-electron chi connectivity index (χ0n) is 11.1. The van der Waals surface area contributed by atoms with Gasteiger partial charge in [-0.1, -0.05) is 22.0 Å². The summed E-state index contributed by atoms with van der Waals surface area (Å²) in [5.74, 6) is 1.26. The van der Waals surface area contributed by atoms with Crippen molar-refractivity contribution >= 4 is 15.9 Å². The molecule has 2 nitrogen and oxygen atoms in total. The van der Waals surface area contributed by atoms with Crippen LogP contribution < -0.4 is 4.74 Å². The van der Waals surface area contributed by atoms with Crippen molar-refractivity contribution in [2.45, 2.75) is 31.8 Å². The van der Waals surface area contributed by atoms with Gasteiger partial charge in [0.05, 0.1) is 0 Å². The molecule has 3 rings (SSSR count). The van der Waals surface area contributed by atoms with Crippen LogP contribution in [-0.2, 0) is 0 Å². The second kappa shape index (κ2) is 4.64. The van der Waals surface area contributed by atoms with Crippen molar-refractivity contribution in [2.75, 3.05) is 0 Å². The Bertz CT molecular complexity index is 595. The Morgan fingerprint density at radius 2 is 2.11 bits per heavy atom. The van der Waals surface area contributed by atoms with Gasteiger partial charge in [0.25, 0.3) is 0 Å². The van der Waals surface area contributed by atoms with E-state index in [2.05, 4.69) is 46.9 Å². The van der Waals surface area contributed by atoms with E-state index >= 15 is 0 Å². The van der Waals surface area contributed by atoms with Crippen molar-refractivity contribution < 1.29 is 4.74 Å². The predicted molar refractivity (Wildman–Crippen MR) is 79.5 cm³/mol. The van der Waals surface area contributed by atoms with Crippen molar-refractivity contribution in [3.05, 3.63) is 58.3 Å². The Morgan fingerprint density at radius 3 is 2.84 bits per heavy atom. The van der Waals surface area contributed by atoms with Gasteiger partial charge >= 0.3 is 0 Å². The second-order valence-electron chi connectivity index (χ2n) is 5.56. The number of nitrogens with zero attached hydrogens (tertiary/aromatic N) is 1. The van der Waals surface area contributed by atoms with Gasteiger partial charge in [-0.3, -0.25) is 4.98 Å². The first-order valence-corrected chi connectivity index (χ1v) is 7.24. The molecule has 1 unspecified atom stereocenters. The molecule has 0 bridgehead atoms. The molecule has 1 aromatic heterocycles. The van der Waals surface area contributed by atoms with Crippen LogP contribution in [0.2, 0.25) is 0 Å². The van der Waals surface area contributed by atoms with Crippen LogP contribution in [0.1, 0.15) is 37.4 Å². The van der Waals surface area contributed by atoms with Crippen molar-refractivity contribution in [3.63, 3.8) is 0 Å². The quantitative estimate of drug-likeness (QED) is 0.770. The lowest BCUT2D eigenvalue weighted by atomic mass is 9.82. The van der Waals surface area contributed by atoms with Crippen LogP contribution in [0.4, 0.5) is 0 Å². The van der Waals surface area contributed by atoms with Crippen LogP contribution in [0.5, 0.6) is 5.75 Å². The van der Waals surface area contributed by atoms with Gasteiger partial charge < -0.3 is 4.74 Å². The van der Waals surface area contributed by atoms with E-state index in [1.54, 1.807) is 0 Å². The zero-order valence-corrected chi connectivity index (χ0v) is 12.6. The first kappa shape index (κ1) is 12.7. The van der Waals surface area contributed by atoms with E-state index in [1.807, 2.05) is 30.5 Å². The SMILES string of the molecule is CC1(C)CC(c2ccccn2)c2cc(Br)ccc2O1. The van der Waals surface area contributed by atoms with E-state index in [4.69, 9.17) is 4.74 Å². The normalized spacial score (nSPS) is 20.5. The van der Waals surface area contributed by atoms with E-state index in [9.17, 15) is 0 Å². The predicted octanol–water partition coefficient (Wildman–Crippen LogP) is 4.54. The third kappa shape index (κ3) is 2.52. The summed E-state index contributed by atoms with van der Waals surface area (Å²) in [7, 11) is 0. The number of ether oxygens (including phenoxy) is 1. The first-order chi connectivity index (χ1) is 9.05. The summed E-state index contributed by atoms with van der Waals surface area (Å²) >= 11 is 3.54. The van der Waals surface area contributed by atoms with Gasteiger partial charge in [0.1, 0.15) is 11.4 Å². The minimum atomic E-state index is -0.164. The molecule has 1 atom stereocenters. The molecular formula is C16H16BrNO. The van der Waals surface area contributed by atoms with Crippen molar-refractivity contribution in [2.24, 2.45) is 0 Å². The van der Waals surface area contributed by atoms with Crippen LogP contribution in [0, 0.1) is 0 Å². The van der Waals surface area contributed by atoms with Gasteiger partial charge in [0.2, 0.25) is 0 Å². The number of benzene rings is 1. The minimum absolute atomic E-state index is 0.164. The maximum absolute atomic E-state index is 6.08. The highest BCUT2D eigenvalue weighted by molar-refractivity contribution is 9.10. The lowest BCUT2D eigenvalue weighted by Crippen LogP contribution is -2.35. The molecule has 0 saturated heterocycles. The molecule has 0 radical (unpaired) electrons. The Kier molecular flexibility index (Phi) is 3.09. The maximum atomic E-state index is 6.08. The first-order valence-electron chi connectivity index (χ1n) is 6.44. The molecule has 1 aliphatic heterocycles. The molecule has 0 aliphatic carbocycles. The summed E-state index contributed by atoms with van der Waals surface area (Å²) in [4.78, 5) is 4.53. The number of hydrogen-bond donors (Lipinski definition) is 0. The smallest absolute Gasteiger partial charge is 0.124 e. The van der Waals surface area contributed by atoms with Gasteiger partial charge in [-0.05, 0) is 50.6 Å². The number of rotatable bonds is 1. The van der Waals surface area contributed by atoms with Crippen LogP contribution in [-0.4, -0.2) is 10.6 Å². The highest BCUT2D eigenvalue weighted by atomic mass is 79.9. The van der Waals surface area contributed by atoms with Crippen LogP contribution in [0.15, 0.2) is 47.1 Å². The standard InChI is InChI=1S/C16H16BrNO/c1-16(2)10-13(14-5-3-4-8-18-14)12-9-11(17)6-7-15(12)19-16/h3-9,13H,10H2,1-2H3. The Labute approximate surface area is 122 Å². The highest BCUT2D eigenvalue weighted by Crippen LogP contribution is 2.44. The van der Waals surface area contributed by atoms with E-state index in [0.29, 0.717) is 0 Å². The number of fused-ring (bicyclic) bond motifs is 1. The fourth-order valence-corrected chi connectivity index (χ4v) is 3.05. The van der Waals surface area contributed by atoms with E-state index in [1.165, 1.54) is 5.56 Å². The van der Waals surface area contributed by atoms with Crippen molar-refractivity contribution in [1.82, 2.24) is 4.98 Å². The number of hydrogen-bond acceptors (Lipinski definition) is 2. The van der Waals surface area contributed by atoms with Gasteiger partial charge in [0, 0.05) is 27.8 Å². The Balaban J connectivity index is 2.12. The summed E-state index contributed by atoms with van der Waals surface area (Å²) in [6, 6.07) is 12.3. The van der Waals surface area contributed by atoms with Crippen molar-refractivity contribution in [3.8, 4) is 5.75 Å². The molecule has 0 amide bonds. The summed E-state index contributed by atoms with van der Waals surface area (Å²) in [5.41, 5.74) is 2.16. The minimum Gasteiger partial charge on any atom is -0.488 e. The molecule has 0 N–H and O–H groups in total. The third-order valence-corrected chi connectivity index (χ3v) is 3.97. The number of aromatic nitrogens is 1. The largest absolute Gasteiger partial charge is 0.488 e. The molecule has 1 aromatic carbocycles. The molecular weight excluding hydrogens is 302 g/mol. The molecule has 2 heterocycles. The van der Waals surface area contributed by atoms with Crippen LogP contribution in [0.3, 0.4) is 0 Å². The van der Waals surface area contributed by atoms with E-state index in [0.717, 1.165) is 22.3 Å². The van der Waals surface area contributed by atoms with Gasteiger partial charge in [0.15, 0.2) is 0 Å². The molecule has 1 aliphatic rings. The summed E-state index contributed by atoms with van der Waals surface area (Å²) in [6.07, 6.45) is 2.79. The Hall–Kier alpha value is -1.35. The fraction of sp³-hybridized carbons (Fsp3) is 0.312. The summed E-state index contributed by atoms with van der Waals surface area (Å²) in [6.45, 7) is 4.27. The summed E-state index contributed by atoms with van der Waals surface area (Å²) < 4.78 is 7.16. The zero-order chi connectivity index (χ0) is 13.5. The molecule has 0 spiro atoms.